The maximum Gasteiger partial charge on any atom is 0.359 e. The molecule has 2 aromatic rings. The summed E-state index contributed by atoms with van der Waals surface area (Å²) in [7, 11) is 1.43. The first kappa shape index (κ1) is 18.9. The van der Waals surface area contributed by atoms with Crippen molar-refractivity contribution in [1.29, 1.82) is 0 Å². The minimum atomic E-state index is -0.992. The summed E-state index contributed by atoms with van der Waals surface area (Å²) in [6.07, 6.45) is 2.77. The molecule has 0 saturated carbocycles. The Morgan fingerprint density at radius 2 is 2.16 bits per heavy atom. The van der Waals surface area contributed by atoms with Gasteiger partial charge in [-0.3, -0.25) is 0 Å². The van der Waals surface area contributed by atoms with Crippen LogP contribution in [0.4, 0.5) is 8.78 Å². The molecule has 134 valence electrons. The molecule has 0 amide bonds. The Labute approximate surface area is 148 Å². The van der Waals surface area contributed by atoms with E-state index in [2.05, 4.69) is 5.10 Å². The lowest BCUT2D eigenvalue weighted by Crippen LogP contribution is -2.13. The minimum absolute atomic E-state index is 0.0381. The molecule has 0 radical (unpaired) electrons. The Bertz CT molecular complexity index is 805. The maximum absolute atomic E-state index is 14.1. The summed E-state index contributed by atoms with van der Waals surface area (Å²) in [5, 5.41) is 4.22. The molecule has 1 aromatic carbocycles. The fourth-order valence-corrected chi connectivity index (χ4v) is 2.63. The van der Waals surface area contributed by atoms with Gasteiger partial charge in [0.1, 0.15) is 5.15 Å². The standard InChI is InChI=1S/C17H17ClF2N2O3/c1-4-25-17(23)15-12(8-9-24-3)16(18)22(21-15)10(2)11-6-5-7-13(19)14(11)20/h5-10H,4H2,1-3H3/b9-8+. The second-order valence-corrected chi connectivity index (χ2v) is 5.43. The van der Waals surface area contributed by atoms with Crippen molar-refractivity contribution in [2.75, 3.05) is 13.7 Å². The van der Waals surface area contributed by atoms with Crippen molar-refractivity contribution in [3.63, 3.8) is 0 Å². The zero-order valence-electron chi connectivity index (χ0n) is 13.9. The Hall–Kier alpha value is -2.41. The number of esters is 1. The van der Waals surface area contributed by atoms with Crippen LogP contribution in [0.1, 0.15) is 41.5 Å². The average Bonchev–Trinajstić information content (AvgIpc) is 2.92. The molecule has 0 spiro atoms. The van der Waals surface area contributed by atoms with Crippen LogP contribution in [0.2, 0.25) is 5.15 Å². The van der Waals surface area contributed by atoms with Gasteiger partial charge in [-0.2, -0.15) is 5.10 Å². The number of carbonyl (C=O) groups is 1. The van der Waals surface area contributed by atoms with Crippen molar-refractivity contribution in [3.05, 3.63) is 58.1 Å². The van der Waals surface area contributed by atoms with E-state index in [1.807, 2.05) is 0 Å². The topological polar surface area (TPSA) is 53.3 Å². The first-order valence-corrected chi connectivity index (χ1v) is 7.88. The highest BCUT2D eigenvalue weighted by Gasteiger charge is 2.26. The fourth-order valence-electron chi connectivity index (χ4n) is 2.29. The molecule has 2 rings (SSSR count). The normalized spacial score (nSPS) is 12.4. The summed E-state index contributed by atoms with van der Waals surface area (Å²) in [4.78, 5) is 12.1. The van der Waals surface area contributed by atoms with Crippen molar-refractivity contribution in [1.82, 2.24) is 9.78 Å². The molecule has 0 aliphatic rings. The number of ether oxygens (including phenoxy) is 2. The maximum atomic E-state index is 14.1. The van der Waals surface area contributed by atoms with E-state index in [1.54, 1.807) is 13.8 Å². The van der Waals surface area contributed by atoms with Crippen LogP contribution in [0.5, 0.6) is 0 Å². The van der Waals surface area contributed by atoms with Gasteiger partial charge >= 0.3 is 5.97 Å². The number of hydrogen-bond acceptors (Lipinski definition) is 4. The van der Waals surface area contributed by atoms with E-state index in [0.717, 1.165) is 6.07 Å². The first-order chi connectivity index (χ1) is 11.9. The number of aromatic nitrogens is 2. The molecule has 0 fully saturated rings. The summed E-state index contributed by atoms with van der Waals surface area (Å²) in [5.74, 6) is -2.64. The molecule has 1 unspecified atom stereocenters. The fraction of sp³-hybridized carbons (Fsp3) is 0.294. The lowest BCUT2D eigenvalue weighted by atomic mass is 10.1. The summed E-state index contributed by atoms with van der Waals surface area (Å²) >= 11 is 6.32. The van der Waals surface area contributed by atoms with Gasteiger partial charge in [-0.25, -0.2) is 18.3 Å². The van der Waals surface area contributed by atoms with Gasteiger partial charge in [-0.05, 0) is 26.0 Å². The van der Waals surface area contributed by atoms with Gasteiger partial charge in [-0.15, -0.1) is 0 Å². The molecule has 5 nitrogen and oxygen atoms in total. The summed E-state index contributed by atoms with van der Waals surface area (Å²) < 4.78 is 38.6. The van der Waals surface area contributed by atoms with Gasteiger partial charge < -0.3 is 9.47 Å². The van der Waals surface area contributed by atoms with Gasteiger partial charge in [0, 0.05) is 11.1 Å². The van der Waals surface area contributed by atoms with Crippen LogP contribution >= 0.6 is 11.6 Å². The van der Waals surface area contributed by atoms with Gasteiger partial charge in [0.25, 0.3) is 0 Å². The lowest BCUT2D eigenvalue weighted by molar-refractivity contribution is 0.0518. The van der Waals surface area contributed by atoms with Crippen LogP contribution in [0.25, 0.3) is 6.08 Å². The highest BCUT2D eigenvalue weighted by Crippen LogP contribution is 2.30. The second kappa shape index (κ2) is 8.11. The third-order valence-corrected chi connectivity index (χ3v) is 3.90. The number of hydrogen-bond donors (Lipinski definition) is 0. The van der Waals surface area contributed by atoms with E-state index in [4.69, 9.17) is 21.1 Å². The molecule has 0 N–H and O–H groups in total. The molecular formula is C17H17ClF2N2O3. The average molecular weight is 371 g/mol. The van der Waals surface area contributed by atoms with E-state index in [0.29, 0.717) is 0 Å². The van der Waals surface area contributed by atoms with Crippen LogP contribution in [0.3, 0.4) is 0 Å². The van der Waals surface area contributed by atoms with Crippen molar-refractivity contribution >= 4 is 23.6 Å². The predicted molar refractivity (Wildman–Crippen MR) is 89.4 cm³/mol. The SMILES string of the molecule is CCOC(=O)c1nn(C(C)c2cccc(F)c2F)c(Cl)c1/C=C/OC. The predicted octanol–water partition coefficient (Wildman–Crippen LogP) is 4.22. The van der Waals surface area contributed by atoms with Crippen molar-refractivity contribution in [2.45, 2.75) is 19.9 Å². The lowest BCUT2D eigenvalue weighted by Gasteiger charge is -2.15. The molecule has 25 heavy (non-hydrogen) atoms. The number of nitrogens with zero attached hydrogens (tertiary/aromatic N) is 2. The van der Waals surface area contributed by atoms with E-state index >= 15 is 0 Å². The Morgan fingerprint density at radius 1 is 1.44 bits per heavy atom. The molecule has 1 aromatic heterocycles. The third kappa shape index (κ3) is 3.82. The van der Waals surface area contributed by atoms with Crippen LogP contribution in [0, 0.1) is 11.6 Å². The second-order valence-electron chi connectivity index (χ2n) is 5.08. The zero-order chi connectivity index (χ0) is 18.6. The number of carbonyl (C=O) groups excluding carboxylic acids is 1. The zero-order valence-corrected chi connectivity index (χ0v) is 14.7. The molecule has 1 heterocycles. The van der Waals surface area contributed by atoms with Gasteiger partial charge in [-0.1, -0.05) is 23.7 Å². The summed E-state index contributed by atoms with van der Waals surface area (Å²) in [6, 6.07) is 3.09. The van der Waals surface area contributed by atoms with Crippen LogP contribution in [0.15, 0.2) is 24.5 Å². The molecular weight excluding hydrogens is 354 g/mol. The third-order valence-electron chi connectivity index (χ3n) is 3.52. The van der Waals surface area contributed by atoms with E-state index in [-0.39, 0.29) is 28.6 Å². The number of methoxy groups -OCH3 is 1. The van der Waals surface area contributed by atoms with Gasteiger partial charge in [0.15, 0.2) is 17.3 Å². The van der Waals surface area contributed by atoms with Gasteiger partial charge in [0.05, 0.1) is 26.0 Å². The molecule has 0 bridgehead atoms. The Balaban J connectivity index is 2.56. The smallest absolute Gasteiger partial charge is 0.359 e. The minimum Gasteiger partial charge on any atom is -0.504 e. The van der Waals surface area contributed by atoms with E-state index < -0.39 is 23.6 Å². The van der Waals surface area contributed by atoms with Gasteiger partial charge in [0.2, 0.25) is 0 Å². The molecule has 8 heteroatoms. The van der Waals surface area contributed by atoms with E-state index in [1.165, 1.54) is 36.3 Å². The number of rotatable bonds is 6. The summed E-state index contributed by atoms with van der Waals surface area (Å²) in [6.45, 7) is 3.41. The first-order valence-electron chi connectivity index (χ1n) is 7.50. The van der Waals surface area contributed by atoms with Crippen molar-refractivity contribution in [3.8, 4) is 0 Å². The highest BCUT2D eigenvalue weighted by atomic mass is 35.5. The van der Waals surface area contributed by atoms with E-state index in [9.17, 15) is 13.6 Å². The quantitative estimate of drug-likeness (QED) is 0.564. The Morgan fingerprint density at radius 3 is 2.80 bits per heavy atom. The molecule has 1 atom stereocenters. The number of halogens is 3. The van der Waals surface area contributed by atoms with Crippen molar-refractivity contribution < 1.29 is 23.0 Å². The van der Waals surface area contributed by atoms with Crippen LogP contribution < -0.4 is 0 Å². The van der Waals surface area contributed by atoms with Crippen molar-refractivity contribution in [2.24, 2.45) is 0 Å². The number of benzene rings is 1. The molecule has 0 aliphatic heterocycles. The Kier molecular flexibility index (Phi) is 6.14. The summed E-state index contributed by atoms with van der Waals surface area (Å²) in [5.41, 5.74) is 0.288. The van der Waals surface area contributed by atoms with Crippen LogP contribution in [-0.4, -0.2) is 29.5 Å². The van der Waals surface area contributed by atoms with Crippen LogP contribution in [-0.2, 0) is 9.47 Å². The molecule has 0 saturated heterocycles. The molecule has 0 aliphatic carbocycles. The largest absolute Gasteiger partial charge is 0.504 e. The highest BCUT2D eigenvalue weighted by molar-refractivity contribution is 6.31. The monoisotopic (exact) mass is 370 g/mol.